The van der Waals surface area contributed by atoms with Gasteiger partial charge in [-0.15, -0.1) is 0 Å². The summed E-state index contributed by atoms with van der Waals surface area (Å²) in [5.74, 6) is -2.64. The molecule has 2 amide bonds. The second-order valence-corrected chi connectivity index (χ2v) is 7.67. The molecule has 2 aromatic carbocycles. The Balaban J connectivity index is 1.65. The lowest BCUT2D eigenvalue weighted by atomic mass is 10.0. The van der Waals surface area contributed by atoms with Crippen LogP contribution in [0.4, 0.5) is 0 Å². The van der Waals surface area contributed by atoms with Gasteiger partial charge in [0.05, 0.1) is 23.9 Å². The molecule has 0 saturated carbocycles. The summed E-state index contributed by atoms with van der Waals surface area (Å²) in [6.45, 7) is 4.18. The molecule has 0 aliphatic heterocycles. The van der Waals surface area contributed by atoms with Crippen LogP contribution >= 0.6 is 0 Å². The van der Waals surface area contributed by atoms with Gasteiger partial charge in [-0.05, 0) is 36.4 Å². The summed E-state index contributed by atoms with van der Waals surface area (Å²) in [7, 11) is 0. The van der Waals surface area contributed by atoms with Gasteiger partial charge in [0, 0.05) is 10.9 Å². The number of carbonyl (C=O) groups excluding carboxylic acids is 3. The molecule has 0 saturated heterocycles. The second-order valence-electron chi connectivity index (χ2n) is 7.67. The average Bonchev–Trinajstić information content (AvgIpc) is 2.76. The predicted octanol–water partition coefficient (Wildman–Crippen LogP) is 0.640. The largest absolute Gasteiger partial charge is 0.548 e. The molecule has 1 heterocycles. The van der Waals surface area contributed by atoms with Crippen LogP contribution in [0.1, 0.15) is 19.4 Å². The Morgan fingerprint density at radius 1 is 1.03 bits per heavy atom. The van der Waals surface area contributed by atoms with Gasteiger partial charge < -0.3 is 29.7 Å². The van der Waals surface area contributed by atoms with Gasteiger partial charge in [-0.25, -0.2) is 4.79 Å². The third-order valence-electron chi connectivity index (χ3n) is 5.03. The Morgan fingerprint density at radius 2 is 1.72 bits per heavy atom. The van der Waals surface area contributed by atoms with Gasteiger partial charge in [-0.2, -0.15) is 0 Å². The van der Waals surface area contributed by atoms with E-state index in [0.717, 1.165) is 10.8 Å². The first-order valence-electron chi connectivity index (χ1n) is 10.0. The third-order valence-corrected chi connectivity index (χ3v) is 5.03. The molecule has 0 aliphatic rings. The molecule has 1 aromatic heterocycles. The van der Waals surface area contributed by atoms with Crippen molar-refractivity contribution >= 4 is 39.5 Å². The lowest BCUT2D eigenvalue weighted by Crippen LogP contribution is -2.53. The molecule has 0 spiro atoms. The molecule has 0 unspecified atom stereocenters. The van der Waals surface area contributed by atoms with E-state index in [0.29, 0.717) is 22.3 Å². The number of nitrogens with one attached hydrogen (secondary N) is 2. The van der Waals surface area contributed by atoms with Crippen LogP contribution in [0, 0.1) is 12.8 Å². The molecule has 1 atom stereocenters. The highest BCUT2D eigenvalue weighted by Crippen LogP contribution is 2.30. The molecule has 9 heteroatoms. The number of carboxylic acid groups (broad SMARTS) is 1. The molecule has 0 aliphatic carbocycles. The van der Waals surface area contributed by atoms with E-state index in [-0.39, 0.29) is 12.5 Å². The fourth-order valence-electron chi connectivity index (χ4n) is 3.31. The zero-order valence-electron chi connectivity index (χ0n) is 17.9. The summed E-state index contributed by atoms with van der Waals surface area (Å²) in [5.41, 5.74) is 0.464. The molecule has 0 radical (unpaired) electrons. The van der Waals surface area contributed by atoms with Crippen molar-refractivity contribution in [1.82, 2.24) is 10.6 Å². The summed E-state index contributed by atoms with van der Waals surface area (Å²) in [4.78, 5) is 47.3. The first-order chi connectivity index (χ1) is 15.2. The number of aliphatic carboxylic acids is 1. The number of carboxylic acids is 1. The fraction of sp³-hybridized carbons (Fsp3) is 0.304. The molecule has 32 heavy (non-hydrogen) atoms. The van der Waals surface area contributed by atoms with E-state index in [9.17, 15) is 24.3 Å². The number of hydrogen-bond donors (Lipinski definition) is 2. The van der Waals surface area contributed by atoms with Crippen LogP contribution in [0.3, 0.4) is 0 Å². The summed E-state index contributed by atoms with van der Waals surface area (Å²) in [6, 6.07) is 9.39. The van der Waals surface area contributed by atoms with E-state index in [1.165, 1.54) is 0 Å². The van der Waals surface area contributed by atoms with Crippen LogP contribution in [-0.2, 0) is 14.4 Å². The van der Waals surface area contributed by atoms with Crippen molar-refractivity contribution in [3.63, 3.8) is 0 Å². The van der Waals surface area contributed by atoms with Crippen molar-refractivity contribution in [2.24, 2.45) is 5.92 Å². The van der Waals surface area contributed by atoms with E-state index >= 15 is 0 Å². The molecular formula is C23H23N2O7-. The van der Waals surface area contributed by atoms with Gasteiger partial charge in [0.1, 0.15) is 11.3 Å². The van der Waals surface area contributed by atoms with Crippen LogP contribution in [0.5, 0.6) is 5.75 Å². The SMILES string of the molecule is Cc1c(OCC(=O)NCC(=O)N[C@H](C(=O)[O-])C(C)C)ccc2c1oc(=O)c1ccccc12. The van der Waals surface area contributed by atoms with Crippen molar-refractivity contribution < 1.29 is 28.6 Å². The monoisotopic (exact) mass is 439 g/mol. The number of carbonyl (C=O) groups is 3. The fourth-order valence-corrected chi connectivity index (χ4v) is 3.31. The zero-order chi connectivity index (χ0) is 23.4. The lowest BCUT2D eigenvalue weighted by molar-refractivity contribution is -0.309. The van der Waals surface area contributed by atoms with Crippen LogP contribution in [0.2, 0.25) is 0 Å². The van der Waals surface area contributed by atoms with Gasteiger partial charge in [0.25, 0.3) is 5.91 Å². The standard InChI is InChI=1S/C23H24N2O7/c1-12(2)20(22(28)29)25-18(26)10-24-19(27)11-31-17-9-8-15-14-6-4-5-7-16(14)23(30)32-21(15)13(17)3/h4-9,12,20H,10-11H2,1-3H3,(H,24,27)(H,25,26)(H,28,29)/p-1/t20-/m0/s1. The second kappa shape index (κ2) is 9.51. The molecule has 3 aromatic rings. The third kappa shape index (κ3) is 4.88. The molecule has 9 nitrogen and oxygen atoms in total. The van der Waals surface area contributed by atoms with Gasteiger partial charge in [-0.1, -0.05) is 32.0 Å². The quantitative estimate of drug-likeness (QED) is 0.388. The average molecular weight is 439 g/mol. The van der Waals surface area contributed by atoms with E-state index in [2.05, 4.69) is 10.6 Å². The topological polar surface area (TPSA) is 138 Å². The number of benzene rings is 2. The number of aryl methyl sites for hydroxylation is 1. The minimum Gasteiger partial charge on any atom is -0.548 e. The van der Waals surface area contributed by atoms with Crippen LogP contribution < -0.4 is 26.1 Å². The van der Waals surface area contributed by atoms with Crippen LogP contribution in [0.15, 0.2) is 45.6 Å². The van der Waals surface area contributed by atoms with E-state index in [4.69, 9.17) is 9.15 Å². The molecule has 2 N–H and O–H groups in total. The number of hydrogen-bond acceptors (Lipinski definition) is 7. The van der Waals surface area contributed by atoms with Gasteiger partial charge in [0.15, 0.2) is 6.61 Å². The maximum Gasteiger partial charge on any atom is 0.344 e. The summed E-state index contributed by atoms with van der Waals surface area (Å²) in [5, 5.41) is 17.7. The number of fused-ring (bicyclic) bond motifs is 3. The van der Waals surface area contributed by atoms with Crippen molar-refractivity contribution in [3.05, 3.63) is 52.4 Å². The first kappa shape index (κ1) is 22.8. The molecular weight excluding hydrogens is 416 g/mol. The maximum atomic E-state index is 12.3. The highest BCUT2D eigenvalue weighted by atomic mass is 16.5. The van der Waals surface area contributed by atoms with Crippen LogP contribution in [-0.4, -0.2) is 37.0 Å². The Morgan fingerprint density at radius 3 is 2.38 bits per heavy atom. The first-order valence-corrected chi connectivity index (χ1v) is 10.0. The van der Waals surface area contributed by atoms with E-state index in [1.54, 1.807) is 45.0 Å². The number of rotatable bonds is 8. The summed E-state index contributed by atoms with van der Waals surface area (Å²) in [6.07, 6.45) is 0. The lowest BCUT2D eigenvalue weighted by Gasteiger charge is -2.23. The van der Waals surface area contributed by atoms with Crippen molar-refractivity contribution in [1.29, 1.82) is 0 Å². The zero-order valence-corrected chi connectivity index (χ0v) is 17.9. The van der Waals surface area contributed by atoms with Gasteiger partial charge >= 0.3 is 5.63 Å². The van der Waals surface area contributed by atoms with Crippen molar-refractivity contribution in [3.8, 4) is 5.75 Å². The Labute approximate surface area is 183 Å². The Bertz CT molecular complexity index is 1250. The molecule has 3 rings (SSSR count). The number of ether oxygens (including phenoxy) is 1. The van der Waals surface area contributed by atoms with Gasteiger partial charge in [-0.3, -0.25) is 9.59 Å². The maximum absolute atomic E-state index is 12.3. The molecule has 0 bridgehead atoms. The van der Waals surface area contributed by atoms with E-state index < -0.39 is 36.0 Å². The normalized spacial score (nSPS) is 12.0. The Kier molecular flexibility index (Phi) is 6.77. The minimum absolute atomic E-state index is 0.354. The van der Waals surface area contributed by atoms with Crippen molar-refractivity contribution in [2.45, 2.75) is 26.8 Å². The van der Waals surface area contributed by atoms with Crippen molar-refractivity contribution in [2.75, 3.05) is 13.2 Å². The summed E-state index contributed by atoms with van der Waals surface area (Å²) < 4.78 is 11.0. The highest BCUT2D eigenvalue weighted by Gasteiger charge is 2.18. The van der Waals surface area contributed by atoms with Gasteiger partial charge in [0.2, 0.25) is 5.91 Å². The smallest absolute Gasteiger partial charge is 0.344 e. The minimum atomic E-state index is -1.39. The Hall–Kier alpha value is -3.88. The predicted molar refractivity (Wildman–Crippen MR) is 115 cm³/mol. The number of amides is 2. The van der Waals surface area contributed by atoms with E-state index in [1.807, 2.05) is 12.1 Å². The molecule has 0 fully saturated rings. The summed E-state index contributed by atoms with van der Waals surface area (Å²) >= 11 is 0. The molecule has 168 valence electrons. The van der Waals surface area contributed by atoms with Crippen LogP contribution in [0.25, 0.3) is 21.7 Å². The highest BCUT2D eigenvalue weighted by molar-refractivity contribution is 6.05.